The minimum atomic E-state index is -0.647. The van der Waals surface area contributed by atoms with Gasteiger partial charge in [-0.25, -0.2) is 0 Å². The molecule has 29 heavy (non-hydrogen) atoms. The lowest BCUT2D eigenvalue weighted by atomic mass is 10.2. The summed E-state index contributed by atoms with van der Waals surface area (Å²) in [5.74, 6) is -1.07. The van der Waals surface area contributed by atoms with Crippen LogP contribution in [-0.4, -0.2) is 37.3 Å². The second-order valence-corrected chi connectivity index (χ2v) is 7.71. The number of aromatic nitrogens is 3. The molecule has 3 rings (SSSR count). The molecule has 0 unspecified atom stereocenters. The number of hydrogen-bond donors (Lipinski definition) is 2. The van der Waals surface area contributed by atoms with Crippen molar-refractivity contribution >= 4 is 40.6 Å². The fourth-order valence-electron chi connectivity index (χ4n) is 2.32. The standard InChI is InChI=1S/C17H16N6O4S2/c24-15(19-20-16(25)12-3-1-4-13(9-12)23(26)27)10-29-17-21-18-11-22(17)7-6-14-5-2-8-28-14/h1-5,8-9,11H,6-7,10H2,(H,19,24)(H,20,25). The maximum Gasteiger partial charge on any atom is 0.270 e. The van der Waals surface area contributed by atoms with Crippen LogP contribution in [0.15, 0.2) is 53.3 Å². The molecule has 2 aromatic heterocycles. The number of hydrogen-bond acceptors (Lipinski definition) is 8. The van der Waals surface area contributed by atoms with Gasteiger partial charge in [0.15, 0.2) is 5.16 Å². The van der Waals surface area contributed by atoms with Gasteiger partial charge in [0, 0.05) is 29.1 Å². The van der Waals surface area contributed by atoms with Crippen molar-refractivity contribution in [1.82, 2.24) is 25.6 Å². The molecule has 0 spiro atoms. The van der Waals surface area contributed by atoms with Crippen LogP contribution in [0.2, 0.25) is 0 Å². The van der Waals surface area contributed by atoms with Crippen LogP contribution < -0.4 is 10.9 Å². The monoisotopic (exact) mass is 432 g/mol. The lowest BCUT2D eigenvalue weighted by molar-refractivity contribution is -0.384. The zero-order valence-electron chi connectivity index (χ0n) is 15.0. The minimum Gasteiger partial charge on any atom is -0.308 e. The van der Waals surface area contributed by atoms with Gasteiger partial charge in [-0.2, -0.15) is 0 Å². The Balaban J connectivity index is 1.46. The molecule has 12 heteroatoms. The molecule has 2 N–H and O–H groups in total. The topological polar surface area (TPSA) is 132 Å². The predicted octanol–water partition coefficient (Wildman–Crippen LogP) is 2.04. The van der Waals surface area contributed by atoms with E-state index in [2.05, 4.69) is 27.1 Å². The molecule has 2 heterocycles. The highest BCUT2D eigenvalue weighted by molar-refractivity contribution is 7.99. The number of aryl methyl sites for hydroxylation is 2. The summed E-state index contributed by atoms with van der Waals surface area (Å²) < 4.78 is 1.86. The van der Waals surface area contributed by atoms with Crippen LogP contribution >= 0.6 is 23.1 Å². The highest BCUT2D eigenvalue weighted by atomic mass is 32.2. The lowest BCUT2D eigenvalue weighted by Crippen LogP contribution is -2.42. The Labute approximate surface area is 173 Å². The van der Waals surface area contributed by atoms with E-state index in [1.165, 1.54) is 34.8 Å². The van der Waals surface area contributed by atoms with Crippen molar-refractivity contribution in [2.24, 2.45) is 0 Å². The van der Waals surface area contributed by atoms with E-state index in [1.54, 1.807) is 17.7 Å². The normalized spacial score (nSPS) is 10.5. The zero-order valence-corrected chi connectivity index (χ0v) is 16.6. The highest BCUT2D eigenvalue weighted by Gasteiger charge is 2.13. The lowest BCUT2D eigenvalue weighted by Gasteiger charge is -2.08. The number of amides is 2. The van der Waals surface area contributed by atoms with Gasteiger partial charge in [-0.3, -0.25) is 30.6 Å². The summed E-state index contributed by atoms with van der Waals surface area (Å²) in [6.07, 6.45) is 2.45. The van der Waals surface area contributed by atoms with E-state index < -0.39 is 16.7 Å². The third kappa shape index (κ3) is 5.86. The van der Waals surface area contributed by atoms with E-state index in [9.17, 15) is 19.7 Å². The number of nitro groups is 1. The van der Waals surface area contributed by atoms with Gasteiger partial charge in [-0.1, -0.05) is 23.9 Å². The number of thioether (sulfide) groups is 1. The van der Waals surface area contributed by atoms with E-state index in [-0.39, 0.29) is 17.0 Å². The van der Waals surface area contributed by atoms with Crippen molar-refractivity contribution in [3.8, 4) is 0 Å². The number of rotatable bonds is 8. The van der Waals surface area contributed by atoms with Gasteiger partial charge in [-0.05, 0) is 23.9 Å². The van der Waals surface area contributed by atoms with E-state index >= 15 is 0 Å². The first-order valence-corrected chi connectivity index (χ1v) is 10.3. The molecule has 0 aliphatic heterocycles. The van der Waals surface area contributed by atoms with Gasteiger partial charge < -0.3 is 4.57 Å². The number of nitrogens with one attached hydrogen (secondary N) is 2. The summed E-state index contributed by atoms with van der Waals surface area (Å²) in [5.41, 5.74) is 4.38. The zero-order chi connectivity index (χ0) is 20.6. The van der Waals surface area contributed by atoms with Gasteiger partial charge in [0.1, 0.15) is 6.33 Å². The molecule has 10 nitrogen and oxygen atoms in total. The molecule has 1 aromatic carbocycles. The third-order valence-electron chi connectivity index (χ3n) is 3.73. The van der Waals surface area contributed by atoms with Crippen LogP contribution in [0.3, 0.4) is 0 Å². The molecule has 0 fully saturated rings. The maximum absolute atomic E-state index is 12.0. The Hall–Kier alpha value is -3.25. The SMILES string of the molecule is O=C(CSc1nncn1CCc1cccs1)NNC(=O)c1cccc([N+](=O)[O-])c1. The molecule has 3 aromatic rings. The molecular formula is C17H16N6O4S2. The first-order chi connectivity index (χ1) is 14.0. The molecule has 0 aliphatic rings. The number of carbonyl (C=O) groups excluding carboxylic acids is 2. The Morgan fingerprint density at radius 3 is 2.86 bits per heavy atom. The molecule has 150 valence electrons. The van der Waals surface area contributed by atoms with Crippen LogP contribution in [0.1, 0.15) is 15.2 Å². The highest BCUT2D eigenvalue weighted by Crippen LogP contribution is 2.16. The van der Waals surface area contributed by atoms with Crippen LogP contribution in [-0.2, 0) is 17.8 Å². The fraction of sp³-hybridized carbons (Fsp3) is 0.176. The average molecular weight is 432 g/mol. The molecule has 0 aliphatic carbocycles. The minimum absolute atomic E-state index is 0.0207. The van der Waals surface area contributed by atoms with Crippen LogP contribution in [0.5, 0.6) is 0 Å². The number of nitro benzene ring substituents is 1. The van der Waals surface area contributed by atoms with Crippen LogP contribution in [0, 0.1) is 10.1 Å². The average Bonchev–Trinajstić information content (AvgIpc) is 3.40. The Kier molecular flexibility index (Phi) is 6.92. The number of thiophene rings is 1. The number of carbonyl (C=O) groups is 2. The van der Waals surface area contributed by atoms with E-state index in [1.807, 2.05) is 16.0 Å². The quantitative estimate of drug-likeness (QED) is 0.316. The van der Waals surface area contributed by atoms with Gasteiger partial charge in [0.2, 0.25) is 5.91 Å². The third-order valence-corrected chi connectivity index (χ3v) is 5.64. The Morgan fingerprint density at radius 1 is 1.24 bits per heavy atom. The van der Waals surface area contributed by atoms with Crippen molar-refractivity contribution in [2.45, 2.75) is 18.1 Å². The van der Waals surface area contributed by atoms with Gasteiger partial charge in [0.25, 0.3) is 11.6 Å². The van der Waals surface area contributed by atoms with E-state index in [0.29, 0.717) is 11.7 Å². The fourth-order valence-corrected chi connectivity index (χ4v) is 3.76. The number of hydrazine groups is 1. The number of nitrogens with zero attached hydrogens (tertiary/aromatic N) is 4. The molecule has 2 amide bonds. The van der Waals surface area contributed by atoms with Gasteiger partial charge in [-0.15, -0.1) is 21.5 Å². The van der Waals surface area contributed by atoms with Gasteiger partial charge >= 0.3 is 0 Å². The van der Waals surface area contributed by atoms with Crippen LogP contribution in [0.4, 0.5) is 5.69 Å². The summed E-state index contributed by atoms with van der Waals surface area (Å²) in [5, 5.41) is 21.3. The molecule has 0 saturated carbocycles. The maximum atomic E-state index is 12.0. The first-order valence-electron chi connectivity index (χ1n) is 8.39. The van der Waals surface area contributed by atoms with E-state index in [0.717, 1.165) is 12.5 Å². The molecule has 0 atom stereocenters. The molecule has 0 bridgehead atoms. The van der Waals surface area contributed by atoms with Gasteiger partial charge in [0.05, 0.1) is 10.7 Å². The largest absolute Gasteiger partial charge is 0.308 e. The summed E-state index contributed by atoms with van der Waals surface area (Å²) in [6.45, 7) is 0.695. The smallest absolute Gasteiger partial charge is 0.270 e. The summed E-state index contributed by atoms with van der Waals surface area (Å²) in [4.78, 5) is 35.4. The number of non-ortho nitro benzene ring substituents is 1. The summed E-state index contributed by atoms with van der Waals surface area (Å²) >= 11 is 2.87. The van der Waals surface area contributed by atoms with Crippen LogP contribution in [0.25, 0.3) is 0 Å². The van der Waals surface area contributed by atoms with Crippen molar-refractivity contribution in [3.05, 3.63) is 68.7 Å². The van der Waals surface area contributed by atoms with Crippen molar-refractivity contribution < 1.29 is 14.5 Å². The Morgan fingerprint density at radius 2 is 2.10 bits per heavy atom. The number of benzene rings is 1. The summed E-state index contributed by atoms with van der Waals surface area (Å²) in [7, 11) is 0. The second-order valence-electron chi connectivity index (χ2n) is 5.73. The molecular weight excluding hydrogens is 416 g/mol. The van der Waals surface area contributed by atoms with Crippen molar-refractivity contribution in [1.29, 1.82) is 0 Å². The summed E-state index contributed by atoms with van der Waals surface area (Å²) in [6, 6.07) is 9.27. The molecule has 0 saturated heterocycles. The predicted molar refractivity (Wildman–Crippen MR) is 107 cm³/mol. The molecule has 0 radical (unpaired) electrons. The van der Waals surface area contributed by atoms with Crippen molar-refractivity contribution in [3.63, 3.8) is 0 Å². The van der Waals surface area contributed by atoms with Crippen molar-refractivity contribution in [2.75, 3.05) is 5.75 Å². The first kappa shape index (κ1) is 20.5. The van der Waals surface area contributed by atoms with E-state index in [4.69, 9.17) is 0 Å². The Bertz CT molecular complexity index is 1010. The second kappa shape index (κ2) is 9.80.